The molecule has 0 spiro atoms. The van der Waals surface area contributed by atoms with Gasteiger partial charge in [0.25, 0.3) is 0 Å². The van der Waals surface area contributed by atoms with Crippen LogP contribution in [0.4, 0.5) is 8.78 Å². The third kappa shape index (κ3) is 3.05. The summed E-state index contributed by atoms with van der Waals surface area (Å²) in [5.41, 5.74) is 0. The van der Waals surface area contributed by atoms with Crippen molar-refractivity contribution in [1.29, 1.82) is 0 Å². The Morgan fingerprint density at radius 3 is 2.68 bits per heavy atom. The highest BCUT2D eigenvalue weighted by Gasteiger charge is 2.45. The van der Waals surface area contributed by atoms with Gasteiger partial charge in [0.2, 0.25) is 0 Å². The van der Waals surface area contributed by atoms with Crippen LogP contribution >= 0.6 is 0 Å². The Morgan fingerprint density at radius 1 is 1.47 bits per heavy atom. The lowest BCUT2D eigenvalue weighted by molar-refractivity contribution is -0.144. The molecular weight excluding hydrogens is 276 g/mol. The number of ether oxygens (including phenoxy) is 1. The Bertz CT molecular complexity index is 457. The van der Waals surface area contributed by atoms with E-state index in [0.717, 1.165) is 0 Å². The number of carbonyl (C=O) groups excluding carboxylic acids is 1. The predicted octanol–water partition coefficient (Wildman–Crippen LogP) is 1.43. The summed E-state index contributed by atoms with van der Waals surface area (Å²) >= 11 is -1.71. The quantitative estimate of drug-likeness (QED) is 0.624. The van der Waals surface area contributed by atoms with Gasteiger partial charge >= 0.3 is 5.97 Å². The van der Waals surface area contributed by atoms with Crippen LogP contribution in [-0.2, 0) is 20.9 Å². The van der Waals surface area contributed by atoms with E-state index in [9.17, 15) is 18.1 Å². The highest BCUT2D eigenvalue weighted by Crippen LogP contribution is 2.28. The molecule has 1 aliphatic rings. The lowest BCUT2D eigenvalue weighted by Crippen LogP contribution is -2.41. The van der Waals surface area contributed by atoms with E-state index in [4.69, 9.17) is 0 Å². The molecule has 4 nitrogen and oxygen atoms in total. The van der Waals surface area contributed by atoms with Crippen LogP contribution in [0.1, 0.15) is 6.42 Å². The molecule has 1 fully saturated rings. The van der Waals surface area contributed by atoms with Crippen LogP contribution in [-0.4, -0.2) is 40.7 Å². The molecule has 104 valence electrons. The van der Waals surface area contributed by atoms with Crippen molar-refractivity contribution in [2.75, 3.05) is 13.7 Å². The number of hydrogen-bond acceptors (Lipinski definition) is 4. The van der Waals surface area contributed by atoms with Crippen molar-refractivity contribution < 1.29 is 22.9 Å². The molecule has 1 heterocycles. The molecule has 1 aromatic rings. The van der Waals surface area contributed by atoms with Gasteiger partial charge in [-0.1, -0.05) is 0 Å². The van der Waals surface area contributed by atoms with Gasteiger partial charge in [0, 0.05) is 6.42 Å². The van der Waals surface area contributed by atoms with Crippen molar-refractivity contribution in [3.63, 3.8) is 0 Å². The smallest absolute Gasteiger partial charge is 0.327 e. The van der Waals surface area contributed by atoms with E-state index in [2.05, 4.69) is 4.74 Å². The van der Waals surface area contributed by atoms with Gasteiger partial charge in [-0.2, -0.15) is 0 Å². The Hall–Kier alpha value is -1.18. The first-order valence-electron chi connectivity index (χ1n) is 5.69. The largest absolute Gasteiger partial charge is 0.593 e. The second-order valence-corrected chi connectivity index (χ2v) is 5.61. The lowest BCUT2D eigenvalue weighted by Gasteiger charge is -2.23. The van der Waals surface area contributed by atoms with Gasteiger partial charge in [0.15, 0.2) is 10.9 Å². The fourth-order valence-electron chi connectivity index (χ4n) is 1.98. The number of esters is 1. The van der Waals surface area contributed by atoms with Crippen LogP contribution in [0.5, 0.6) is 0 Å². The number of nitrogens with zero attached hydrogens (tertiary/aromatic N) is 1. The van der Waals surface area contributed by atoms with Crippen molar-refractivity contribution in [3.8, 4) is 0 Å². The minimum atomic E-state index is -1.71. The minimum Gasteiger partial charge on any atom is -0.593 e. The number of methoxy groups -OCH3 is 1. The van der Waals surface area contributed by atoms with Gasteiger partial charge < -0.3 is 9.29 Å². The first-order valence-corrected chi connectivity index (χ1v) is 6.79. The van der Waals surface area contributed by atoms with Crippen molar-refractivity contribution in [2.45, 2.75) is 23.5 Å². The number of rotatable bonds is 3. The zero-order chi connectivity index (χ0) is 14.0. The molecule has 0 saturated carbocycles. The standard InChI is InChI=1S/C12H13F2NO3S/c1-18-12(16)11-6-9(14)7-15(11)19(17)10-4-2-8(13)3-5-10/h2-5,9,11H,6-7H2,1H3/t9-,11-,19?/m1/s1. The van der Waals surface area contributed by atoms with Crippen LogP contribution < -0.4 is 0 Å². The summed E-state index contributed by atoms with van der Waals surface area (Å²) in [7, 11) is 1.20. The van der Waals surface area contributed by atoms with Crippen molar-refractivity contribution in [3.05, 3.63) is 30.1 Å². The zero-order valence-electron chi connectivity index (χ0n) is 10.2. The highest BCUT2D eigenvalue weighted by molar-refractivity contribution is 7.89. The van der Waals surface area contributed by atoms with Gasteiger partial charge in [-0.15, -0.1) is 4.31 Å². The van der Waals surface area contributed by atoms with Crippen LogP contribution in [0.3, 0.4) is 0 Å². The van der Waals surface area contributed by atoms with Gasteiger partial charge in [-0.05, 0) is 24.3 Å². The van der Waals surface area contributed by atoms with Crippen LogP contribution in [0.15, 0.2) is 29.2 Å². The number of hydrogen-bond donors (Lipinski definition) is 0. The minimum absolute atomic E-state index is 0.0421. The predicted molar refractivity (Wildman–Crippen MR) is 64.8 cm³/mol. The maximum atomic E-state index is 13.4. The molecule has 1 saturated heterocycles. The van der Waals surface area contributed by atoms with Crippen molar-refractivity contribution >= 4 is 17.3 Å². The molecule has 0 bridgehead atoms. The molecule has 7 heteroatoms. The van der Waals surface area contributed by atoms with E-state index in [1.807, 2.05) is 0 Å². The fraction of sp³-hybridized carbons (Fsp3) is 0.417. The summed E-state index contributed by atoms with van der Waals surface area (Å²) < 4.78 is 44.3. The van der Waals surface area contributed by atoms with E-state index < -0.39 is 35.4 Å². The average Bonchev–Trinajstić information content (AvgIpc) is 2.80. The third-order valence-corrected chi connectivity index (χ3v) is 4.41. The first-order chi connectivity index (χ1) is 9.02. The Kier molecular flexibility index (Phi) is 4.38. The fourth-order valence-corrected chi connectivity index (χ4v) is 3.32. The SMILES string of the molecule is COC(=O)[C@H]1C[C@@H](F)CN1[S+]([O-])c1ccc(F)cc1. The van der Waals surface area contributed by atoms with Crippen molar-refractivity contribution in [1.82, 2.24) is 4.31 Å². The second kappa shape index (κ2) is 5.85. The maximum absolute atomic E-state index is 13.4. The second-order valence-electron chi connectivity index (χ2n) is 4.17. The summed E-state index contributed by atoms with van der Waals surface area (Å²) in [4.78, 5) is 11.9. The topological polar surface area (TPSA) is 52.6 Å². The summed E-state index contributed by atoms with van der Waals surface area (Å²) in [5, 5.41) is 0. The lowest BCUT2D eigenvalue weighted by atomic mass is 10.2. The first kappa shape index (κ1) is 14.2. The van der Waals surface area contributed by atoms with Gasteiger partial charge in [0.05, 0.1) is 25.0 Å². The van der Waals surface area contributed by atoms with Crippen molar-refractivity contribution in [2.24, 2.45) is 0 Å². The van der Waals surface area contributed by atoms with E-state index in [1.165, 1.54) is 35.7 Å². The van der Waals surface area contributed by atoms with Crippen LogP contribution in [0.2, 0.25) is 0 Å². The molecule has 1 aromatic carbocycles. The molecular formula is C12H13F2NO3S. The number of alkyl halides is 1. The molecule has 3 atom stereocenters. The van der Waals surface area contributed by atoms with E-state index >= 15 is 0 Å². The molecule has 0 aliphatic carbocycles. The molecule has 0 aromatic heterocycles. The Balaban J connectivity index is 2.18. The summed E-state index contributed by atoms with van der Waals surface area (Å²) in [5.74, 6) is -1.06. The molecule has 19 heavy (non-hydrogen) atoms. The zero-order valence-corrected chi connectivity index (χ0v) is 11.0. The Labute approximate surface area is 112 Å². The van der Waals surface area contributed by atoms with Gasteiger partial charge in [-0.25, -0.2) is 8.78 Å². The monoisotopic (exact) mass is 289 g/mol. The number of carbonyl (C=O) groups is 1. The highest BCUT2D eigenvalue weighted by atomic mass is 32.2. The van der Waals surface area contributed by atoms with Gasteiger partial charge in [-0.3, -0.25) is 4.79 Å². The van der Waals surface area contributed by atoms with Gasteiger partial charge in [0.1, 0.15) is 12.0 Å². The Morgan fingerprint density at radius 2 is 2.11 bits per heavy atom. The number of halogens is 2. The molecule has 0 radical (unpaired) electrons. The maximum Gasteiger partial charge on any atom is 0.327 e. The third-order valence-electron chi connectivity index (χ3n) is 2.91. The number of benzene rings is 1. The van der Waals surface area contributed by atoms with E-state index in [1.54, 1.807) is 0 Å². The summed E-state index contributed by atoms with van der Waals surface area (Å²) in [6.45, 7) is -0.107. The van der Waals surface area contributed by atoms with E-state index in [-0.39, 0.29) is 13.0 Å². The molecule has 0 N–H and O–H groups in total. The molecule has 0 amide bonds. The molecule has 1 aliphatic heterocycles. The van der Waals surface area contributed by atoms with Crippen LogP contribution in [0, 0.1) is 5.82 Å². The summed E-state index contributed by atoms with van der Waals surface area (Å²) in [6.07, 6.45) is -1.27. The van der Waals surface area contributed by atoms with E-state index in [0.29, 0.717) is 4.90 Å². The average molecular weight is 289 g/mol. The van der Waals surface area contributed by atoms with Crippen LogP contribution in [0.25, 0.3) is 0 Å². The summed E-state index contributed by atoms with van der Waals surface area (Å²) in [6, 6.07) is 4.18. The molecule has 2 rings (SSSR count). The normalized spacial score (nSPS) is 25.3. The molecule has 1 unspecified atom stereocenters.